The summed E-state index contributed by atoms with van der Waals surface area (Å²) in [4.78, 5) is 34.7. The summed E-state index contributed by atoms with van der Waals surface area (Å²) in [5.41, 5.74) is -1.62. The third-order valence-corrected chi connectivity index (χ3v) is 3.47. The van der Waals surface area contributed by atoms with Gasteiger partial charge in [-0.3, -0.25) is 25.0 Å². The van der Waals surface area contributed by atoms with E-state index in [-0.39, 0.29) is 5.56 Å². The number of unbranched alkanes of at least 4 members (excludes halogenated alkanes) is 2. The second-order valence-electron chi connectivity index (χ2n) is 5.19. The van der Waals surface area contributed by atoms with Crippen LogP contribution in [0.5, 0.6) is 0 Å². The molecule has 0 saturated heterocycles. The van der Waals surface area contributed by atoms with E-state index in [1.165, 1.54) is 12.1 Å². The maximum Gasteiger partial charge on any atom is 0.358 e. The van der Waals surface area contributed by atoms with Crippen LogP contribution in [-0.4, -0.2) is 33.7 Å². The number of nitro benzene ring substituents is 2. The van der Waals surface area contributed by atoms with Gasteiger partial charge in [-0.25, -0.2) is 0 Å². The van der Waals surface area contributed by atoms with E-state index in [4.69, 9.17) is 0 Å². The Morgan fingerprint density at radius 3 is 2.04 bits per heavy atom. The number of hydrogen-bond donors (Lipinski definition) is 0. The lowest BCUT2D eigenvalue weighted by atomic mass is 10.1. The molecular formula is C15H21N3O5. The Labute approximate surface area is 134 Å². The van der Waals surface area contributed by atoms with E-state index in [0.29, 0.717) is 13.1 Å². The van der Waals surface area contributed by atoms with Gasteiger partial charge < -0.3 is 4.90 Å². The SMILES string of the molecule is CCCCN(CCCC)C(=O)c1cccc([N+](=O)[O-])c1[N+](=O)[O-]. The van der Waals surface area contributed by atoms with Crippen molar-refractivity contribution in [3.05, 3.63) is 44.0 Å². The highest BCUT2D eigenvalue weighted by Crippen LogP contribution is 2.31. The van der Waals surface area contributed by atoms with Crippen molar-refractivity contribution in [2.45, 2.75) is 39.5 Å². The molecule has 0 saturated carbocycles. The fraction of sp³-hybridized carbons (Fsp3) is 0.533. The van der Waals surface area contributed by atoms with Crippen molar-refractivity contribution < 1.29 is 14.6 Å². The van der Waals surface area contributed by atoms with Crippen LogP contribution in [0.3, 0.4) is 0 Å². The Morgan fingerprint density at radius 2 is 1.61 bits per heavy atom. The van der Waals surface area contributed by atoms with Gasteiger partial charge in [0.25, 0.3) is 5.91 Å². The highest BCUT2D eigenvalue weighted by Gasteiger charge is 2.33. The molecule has 0 atom stereocenters. The van der Waals surface area contributed by atoms with E-state index in [1.54, 1.807) is 4.90 Å². The zero-order chi connectivity index (χ0) is 17.4. The number of nitrogens with zero attached hydrogens (tertiary/aromatic N) is 3. The summed E-state index contributed by atoms with van der Waals surface area (Å²) in [5.74, 6) is -0.526. The molecule has 0 spiro atoms. The minimum Gasteiger partial charge on any atom is -0.338 e. The summed E-state index contributed by atoms with van der Waals surface area (Å²) >= 11 is 0. The molecule has 0 bridgehead atoms. The predicted molar refractivity (Wildman–Crippen MR) is 85.5 cm³/mol. The molecule has 1 amide bonds. The van der Waals surface area contributed by atoms with E-state index in [1.807, 2.05) is 13.8 Å². The molecule has 0 radical (unpaired) electrons. The van der Waals surface area contributed by atoms with Crippen LogP contribution in [0.4, 0.5) is 11.4 Å². The van der Waals surface area contributed by atoms with Crippen molar-refractivity contribution in [1.29, 1.82) is 0 Å². The van der Waals surface area contributed by atoms with Gasteiger partial charge in [0.15, 0.2) is 0 Å². The van der Waals surface area contributed by atoms with Crippen LogP contribution in [0.15, 0.2) is 18.2 Å². The maximum atomic E-state index is 12.7. The van der Waals surface area contributed by atoms with Gasteiger partial charge in [-0.05, 0) is 18.9 Å². The summed E-state index contributed by atoms with van der Waals surface area (Å²) in [7, 11) is 0. The van der Waals surface area contributed by atoms with Gasteiger partial charge in [0.05, 0.1) is 9.85 Å². The molecule has 0 heterocycles. The predicted octanol–water partition coefficient (Wildman–Crippen LogP) is 3.55. The number of carbonyl (C=O) groups is 1. The molecule has 8 heteroatoms. The molecule has 0 aliphatic rings. The van der Waals surface area contributed by atoms with E-state index < -0.39 is 27.1 Å². The smallest absolute Gasteiger partial charge is 0.338 e. The van der Waals surface area contributed by atoms with Gasteiger partial charge in [0.2, 0.25) is 0 Å². The third kappa shape index (κ3) is 4.73. The number of nitro groups is 2. The lowest BCUT2D eigenvalue weighted by Gasteiger charge is -2.22. The van der Waals surface area contributed by atoms with E-state index in [9.17, 15) is 25.0 Å². The Morgan fingerprint density at radius 1 is 1.04 bits per heavy atom. The van der Waals surface area contributed by atoms with Gasteiger partial charge in [-0.1, -0.05) is 32.8 Å². The first-order valence-corrected chi connectivity index (χ1v) is 7.65. The number of carbonyl (C=O) groups excluding carboxylic acids is 1. The standard InChI is InChI=1S/C15H21N3O5/c1-3-5-10-16(11-6-4-2)15(19)12-8-7-9-13(17(20)21)14(12)18(22)23/h7-9H,3-6,10-11H2,1-2H3. The molecule has 126 valence electrons. The molecular weight excluding hydrogens is 302 g/mol. The third-order valence-electron chi connectivity index (χ3n) is 3.47. The first-order valence-electron chi connectivity index (χ1n) is 7.65. The van der Waals surface area contributed by atoms with Crippen LogP contribution in [0.2, 0.25) is 0 Å². The van der Waals surface area contributed by atoms with Crippen LogP contribution in [0, 0.1) is 20.2 Å². The highest BCUT2D eigenvalue weighted by atomic mass is 16.6. The number of para-hydroxylation sites is 1. The van der Waals surface area contributed by atoms with Crippen LogP contribution >= 0.6 is 0 Å². The zero-order valence-electron chi connectivity index (χ0n) is 13.4. The lowest BCUT2D eigenvalue weighted by Crippen LogP contribution is -2.33. The molecule has 1 aromatic rings. The molecule has 0 N–H and O–H groups in total. The largest absolute Gasteiger partial charge is 0.358 e. The Bertz CT molecular complexity index is 580. The number of hydrogen-bond acceptors (Lipinski definition) is 5. The van der Waals surface area contributed by atoms with Crippen molar-refractivity contribution in [2.75, 3.05) is 13.1 Å². The number of amides is 1. The van der Waals surface area contributed by atoms with Gasteiger partial charge in [-0.2, -0.15) is 0 Å². The molecule has 1 rings (SSSR count). The van der Waals surface area contributed by atoms with Crippen LogP contribution in [0.1, 0.15) is 49.9 Å². The minimum atomic E-state index is -0.858. The summed E-state index contributed by atoms with van der Waals surface area (Å²) < 4.78 is 0. The highest BCUT2D eigenvalue weighted by molar-refractivity contribution is 5.99. The molecule has 0 unspecified atom stereocenters. The fourth-order valence-corrected chi connectivity index (χ4v) is 2.23. The van der Waals surface area contributed by atoms with E-state index in [2.05, 4.69) is 0 Å². The molecule has 1 aromatic carbocycles. The molecule has 0 aromatic heterocycles. The van der Waals surface area contributed by atoms with E-state index >= 15 is 0 Å². The Kier molecular flexibility index (Phi) is 7.11. The van der Waals surface area contributed by atoms with Crippen LogP contribution in [-0.2, 0) is 0 Å². The topological polar surface area (TPSA) is 107 Å². The summed E-state index contributed by atoms with van der Waals surface area (Å²) in [6, 6.07) is 3.62. The van der Waals surface area contributed by atoms with Gasteiger partial charge in [0.1, 0.15) is 5.56 Å². The van der Waals surface area contributed by atoms with Crippen LogP contribution in [0.25, 0.3) is 0 Å². The van der Waals surface area contributed by atoms with Gasteiger partial charge in [-0.15, -0.1) is 0 Å². The number of benzene rings is 1. The zero-order valence-corrected chi connectivity index (χ0v) is 13.4. The van der Waals surface area contributed by atoms with Gasteiger partial charge in [0, 0.05) is 19.2 Å². The molecule has 0 aliphatic heterocycles. The Balaban J connectivity index is 3.24. The van der Waals surface area contributed by atoms with Crippen molar-refractivity contribution in [1.82, 2.24) is 4.90 Å². The lowest BCUT2D eigenvalue weighted by molar-refractivity contribution is -0.422. The fourth-order valence-electron chi connectivity index (χ4n) is 2.23. The van der Waals surface area contributed by atoms with Crippen molar-refractivity contribution >= 4 is 17.3 Å². The second-order valence-corrected chi connectivity index (χ2v) is 5.19. The van der Waals surface area contributed by atoms with E-state index in [0.717, 1.165) is 31.7 Å². The molecule has 0 aliphatic carbocycles. The van der Waals surface area contributed by atoms with Crippen LogP contribution < -0.4 is 0 Å². The van der Waals surface area contributed by atoms with Crippen molar-refractivity contribution in [3.63, 3.8) is 0 Å². The first-order chi connectivity index (χ1) is 10.9. The molecule has 8 nitrogen and oxygen atoms in total. The normalized spacial score (nSPS) is 10.3. The average Bonchev–Trinajstić information content (AvgIpc) is 2.53. The summed E-state index contributed by atoms with van der Waals surface area (Å²) in [6.07, 6.45) is 3.32. The van der Waals surface area contributed by atoms with Crippen molar-refractivity contribution in [2.24, 2.45) is 0 Å². The molecule has 0 fully saturated rings. The average molecular weight is 323 g/mol. The minimum absolute atomic E-state index is 0.226. The van der Waals surface area contributed by atoms with Gasteiger partial charge >= 0.3 is 11.4 Å². The summed E-state index contributed by atoms with van der Waals surface area (Å²) in [6.45, 7) is 4.93. The maximum absolute atomic E-state index is 12.7. The second kappa shape index (κ2) is 8.82. The summed E-state index contributed by atoms with van der Waals surface area (Å²) in [5, 5.41) is 22.2. The number of rotatable bonds is 9. The molecule has 23 heavy (non-hydrogen) atoms. The Hall–Kier alpha value is -2.51. The van der Waals surface area contributed by atoms with Crippen molar-refractivity contribution in [3.8, 4) is 0 Å². The first kappa shape index (κ1) is 18.5. The monoisotopic (exact) mass is 323 g/mol. The quantitative estimate of drug-likeness (QED) is 0.510.